The summed E-state index contributed by atoms with van der Waals surface area (Å²) in [5.74, 6) is 1.30. The van der Waals surface area contributed by atoms with Crippen molar-refractivity contribution < 1.29 is 14.2 Å². The molecule has 4 aromatic rings. The van der Waals surface area contributed by atoms with E-state index in [2.05, 4.69) is 20.2 Å². The van der Waals surface area contributed by atoms with Gasteiger partial charge in [-0.1, -0.05) is 23.2 Å². The van der Waals surface area contributed by atoms with Crippen LogP contribution in [0.1, 0.15) is 36.3 Å². The van der Waals surface area contributed by atoms with Gasteiger partial charge in [0.05, 0.1) is 34.5 Å². The van der Waals surface area contributed by atoms with Crippen LogP contribution in [-0.2, 0) is 4.74 Å². The van der Waals surface area contributed by atoms with Crippen LogP contribution in [0.3, 0.4) is 0 Å². The van der Waals surface area contributed by atoms with Gasteiger partial charge in [-0.25, -0.2) is 4.98 Å². The number of aromatic nitrogens is 4. The van der Waals surface area contributed by atoms with Gasteiger partial charge in [-0.2, -0.15) is 5.10 Å². The lowest BCUT2D eigenvalue weighted by atomic mass is 10.1. The lowest BCUT2D eigenvalue weighted by molar-refractivity contribution is 0.137. The number of benzene rings is 1. The Morgan fingerprint density at radius 2 is 2.00 bits per heavy atom. The van der Waals surface area contributed by atoms with Gasteiger partial charge in [0.2, 0.25) is 5.88 Å². The zero-order valence-corrected chi connectivity index (χ0v) is 20.6. The van der Waals surface area contributed by atoms with Crippen LogP contribution in [0.2, 0.25) is 10.0 Å². The second-order valence-electron chi connectivity index (χ2n) is 8.41. The molecule has 0 amide bonds. The average molecular weight is 499 g/mol. The fraction of sp³-hybridized carbons (Fsp3) is 0.320. The fourth-order valence-electron chi connectivity index (χ4n) is 4.08. The molecule has 1 saturated heterocycles. The van der Waals surface area contributed by atoms with E-state index < -0.39 is 0 Å². The maximum absolute atomic E-state index is 6.46. The first-order chi connectivity index (χ1) is 16.4. The third-order valence-electron chi connectivity index (χ3n) is 5.91. The Morgan fingerprint density at radius 3 is 2.76 bits per heavy atom. The van der Waals surface area contributed by atoms with Crippen LogP contribution in [0.5, 0.6) is 11.6 Å². The number of halogens is 2. The Labute approximate surface area is 207 Å². The van der Waals surface area contributed by atoms with E-state index in [0.717, 1.165) is 40.8 Å². The molecule has 7 nitrogen and oxygen atoms in total. The number of aryl methyl sites for hydroxylation is 2. The van der Waals surface area contributed by atoms with Crippen molar-refractivity contribution in [1.82, 2.24) is 20.2 Å². The Morgan fingerprint density at radius 1 is 1.15 bits per heavy atom. The highest BCUT2D eigenvalue weighted by atomic mass is 35.5. The maximum atomic E-state index is 6.46. The molecule has 0 aliphatic carbocycles. The van der Waals surface area contributed by atoms with E-state index in [-0.39, 0.29) is 12.2 Å². The van der Waals surface area contributed by atoms with E-state index in [1.807, 2.05) is 45.0 Å². The summed E-state index contributed by atoms with van der Waals surface area (Å²) >= 11 is 12.8. The molecule has 1 aliphatic heterocycles. The molecular weight excluding hydrogens is 475 g/mol. The van der Waals surface area contributed by atoms with Crippen LogP contribution in [0, 0.1) is 13.8 Å². The number of pyridine rings is 2. The van der Waals surface area contributed by atoms with Crippen LogP contribution in [0.4, 0.5) is 0 Å². The lowest BCUT2D eigenvalue weighted by Gasteiger charge is -2.18. The summed E-state index contributed by atoms with van der Waals surface area (Å²) in [6.45, 7) is 7.06. The van der Waals surface area contributed by atoms with Gasteiger partial charge in [-0.15, -0.1) is 0 Å². The molecular formula is C25H24Cl2N4O3. The third-order valence-corrected chi connectivity index (χ3v) is 6.68. The molecule has 1 aliphatic rings. The molecule has 0 radical (unpaired) electrons. The number of nitrogens with one attached hydrogen (secondary N) is 1. The van der Waals surface area contributed by atoms with Crippen molar-refractivity contribution in [3.63, 3.8) is 0 Å². The number of aromatic amines is 1. The van der Waals surface area contributed by atoms with Crippen molar-refractivity contribution in [2.24, 2.45) is 0 Å². The summed E-state index contributed by atoms with van der Waals surface area (Å²) in [5.41, 5.74) is 4.94. The normalized spacial score (nSPS) is 16.7. The van der Waals surface area contributed by atoms with Gasteiger partial charge in [0.25, 0.3) is 0 Å². The Kier molecular flexibility index (Phi) is 6.34. The molecule has 1 fully saturated rings. The second kappa shape index (κ2) is 9.41. The maximum Gasteiger partial charge on any atom is 0.216 e. The average Bonchev–Trinajstić information content (AvgIpc) is 3.48. The molecule has 9 heteroatoms. The van der Waals surface area contributed by atoms with Crippen molar-refractivity contribution in [3.05, 3.63) is 63.5 Å². The number of H-pyrrole nitrogens is 1. The summed E-state index contributed by atoms with van der Waals surface area (Å²) < 4.78 is 17.6. The first-order valence-electron chi connectivity index (χ1n) is 11.1. The van der Waals surface area contributed by atoms with Gasteiger partial charge >= 0.3 is 0 Å². The van der Waals surface area contributed by atoms with Gasteiger partial charge < -0.3 is 14.2 Å². The highest BCUT2D eigenvalue weighted by Gasteiger charge is 2.21. The number of fused-ring (bicyclic) bond motifs is 1. The minimum absolute atomic E-state index is 0.0520. The topological polar surface area (TPSA) is 82.2 Å². The van der Waals surface area contributed by atoms with E-state index in [1.165, 1.54) is 0 Å². The van der Waals surface area contributed by atoms with E-state index in [1.54, 1.807) is 12.4 Å². The molecule has 0 unspecified atom stereocenters. The van der Waals surface area contributed by atoms with Crippen LogP contribution >= 0.6 is 23.2 Å². The monoisotopic (exact) mass is 498 g/mol. The van der Waals surface area contributed by atoms with Crippen LogP contribution in [0.25, 0.3) is 22.2 Å². The number of ether oxygens (including phenoxy) is 3. The second-order valence-corrected chi connectivity index (χ2v) is 9.19. The standard InChI is InChI=1S/C25H24Cl2N4O3/c1-13-8-16(10-29-25(13)34-18-6-7-32-12-18)24-19-9-17(4-5-21(19)30-31-24)33-15(3)22-20(26)11-28-14(2)23(22)27/h4-5,8-11,15,18H,6-7,12H2,1-3H3,(H,30,31)/t15-,18-/m1/s1. The molecule has 1 aromatic carbocycles. The highest BCUT2D eigenvalue weighted by Crippen LogP contribution is 2.36. The highest BCUT2D eigenvalue weighted by molar-refractivity contribution is 6.36. The first kappa shape index (κ1) is 22.9. The van der Waals surface area contributed by atoms with Gasteiger partial charge in [0.1, 0.15) is 23.7 Å². The molecule has 5 rings (SSSR count). The minimum atomic E-state index is -0.366. The van der Waals surface area contributed by atoms with E-state index in [9.17, 15) is 0 Å². The molecule has 4 heterocycles. The number of nitrogens with zero attached hydrogens (tertiary/aromatic N) is 3. The molecule has 0 bridgehead atoms. The van der Waals surface area contributed by atoms with Crippen LogP contribution in [0.15, 0.2) is 36.7 Å². The predicted octanol–water partition coefficient (Wildman–Crippen LogP) is 6.25. The molecule has 0 spiro atoms. The summed E-state index contributed by atoms with van der Waals surface area (Å²) in [7, 11) is 0. The van der Waals surface area contributed by atoms with Crippen molar-refractivity contribution in [1.29, 1.82) is 0 Å². The van der Waals surface area contributed by atoms with Crippen molar-refractivity contribution in [2.75, 3.05) is 13.2 Å². The number of hydrogen-bond donors (Lipinski definition) is 1. The zero-order valence-electron chi connectivity index (χ0n) is 19.1. The Hall–Kier alpha value is -2.87. The van der Waals surface area contributed by atoms with Gasteiger partial charge in [0.15, 0.2) is 0 Å². The zero-order chi connectivity index (χ0) is 23.8. The Balaban J connectivity index is 1.42. The molecule has 176 valence electrons. The van der Waals surface area contributed by atoms with E-state index >= 15 is 0 Å². The van der Waals surface area contributed by atoms with Crippen LogP contribution in [-0.4, -0.2) is 39.5 Å². The van der Waals surface area contributed by atoms with Crippen LogP contribution < -0.4 is 9.47 Å². The number of rotatable bonds is 6. The molecule has 1 N–H and O–H groups in total. The van der Waals surface area contributed by atoms with Gasteiger partial charge in [0, 0.05) is 40.9 Å². The smallest absolute Gasteiger partial charge is 0.216 e. The summed E-state index contributed by atoms with van der Waals surface area (Å²) in [6.07, 6.45) is 3.94. The predicted molar refractivity (Wildman–Crippen MR) is 132 cm³/mol. The van der Waals surface area contributed by atoms with Crippen molar-refractivity contribution in [2.45, 2.75) is 39.4 Å². The minimum Gasteiger partial charge on any atom is -0.486 e. The Bertz CT molecular complexity index is 1350. The summed E-state index contributed by atoms with van der Waals surface area (Å²) in [5, 5.41) is 9.52. The largest absolute Gasteiger partial charge is 0.486 e. The quantitative estimate of drug-likeness (QED) is 0.338. The fourth-order valence-corrected chi connectivity index (χ4v) is 4.73. The van der Waals surface area contributed by atoms with Gasteiger partial charge in [-0.05, 0) is 45.0 Å². The molecule has 3 aromatic heterocycles. The first-order valence-corrected chi connectivity index (χ1v) is 11.8. The lowest BCUT2D eigenvalue weighted by Crippen LogP contribution is -2.17. The summed E-state index contributed by atoms with van der Waals surface area (Å²) in [6, 6.07) is 7.81. The van der Waals surface area contributed by atoms with Crippen molar-refractivity contribution in [3.8, 4) is 22.9 Å². The molecule has 0 saturated carbocycles. The number of hydrogen-bond acceptors (Lipinski definition) is 6. The third kappa shape index (κ3) is 4.43. The van der Waals surface area contributed by atoms with Crippen molar-refractivity contribution >= 4 is 34.1 Å². The molecule has 34 heavy (non-hydrogen) atoms. The van der Waals surface area contributed by atoms with Gasteiger partial charge in [-0.3, -0.25) is 10.1 Å². The summed E-state index contributed by atoms with van der Waals surface area (Å²) in [4.78, 5) is 8.74. The van der Waals surface area contributed by atoms with E-state index in [4.69, 9.17) is 37.4 Å². The molecule has 2 atom stereocenters. The SMILES string of the molecule is Cc1cc(-c2n[nH]c3ccc(O[C@H](C)c4c(Cl)cnc(C)c4Cl)cc23)cnc1O[C@@H]1CCOC1. The van der Waals surface area contributed by atoms with E-state index in [0.29, 0.717) is 39.5 Å².